The molecule has 7 nitrogen and oxygen atoms in total. The van der Waals surface area contributed by atoms with Crippen LogP contribution in [-0.4, -0.2) is 57.8 Å². The number of carbonyl (C=O) groups is 2. The van der Waals surface area contributed by atoms with E-state index in [2.05, 4.69) is 25.6 Å². The van der Waals surface area contributed by atoms with E-state index in [9.17, 15) is 9.59 Å². The Morgan fingerprint density at radius 2 is 1.97 bits per heavy atom. The number of rotatable bonds is 5. The third-order valence-corrected chi connectivity index (χ3v) is 7.17. The normalized spacial score (nSPS) is 20.6. The van der Waals surface area contributed by atoms with Crippen molar-refractivity contribution in [2.45, 2.75) is 46.1 Å². The predicted molar refractivity (Wildman–Crippen MR) is 122 cm³/mol. The molecular weight excluding hydrogens is 410 g/mol. The fraction of sp³-hybridized carbons (Fsp3) is 0.565. The molecule has 4 rings (SSSR count). The second-order valence-electron chi connectivity index (χ2n) is 8.69. The molecule has 0 radical (unpaired) electrons. The minimum Gasteiger partial charge on any atom is -0.342 e. The maximum Gasteiger partial charge on any atom is 0.230 e. The van der Waals surface area contributed by atoms with Crippen molar-refractivity contribution in [3.8, 4) is 0 Å². The number of nitrogens with one attached hydrogen (secondary N) is 1. The first-order valence-electron chi connectivity index (χ1n) is 11.1. The smallest absolute Gasteiger partial charge is 0.230 e. The number of hydrogen-bond donors (Lipinski definition) is 1. The quantitative estimate of drug-likeness (QED) is 0.771. The number of carbonyl (C=O) groups excluding carboxylic acids is 2. The van der Waals surface area contributed by atoms with Crippen LogP contribution in [0.5, 0.6) is 0 Å². The standard InChI is InChI=1S/C23H31N5O2S/c1-16-5-3-9-24-21(16)26-22(29)19-6-4-10-28(13-19)23(30)18-7-11-27(12-8-18)14-20-15-31-17(2)25-20/h3,5,9,15,18-19H,4,6-8,10-14H2,1-2H3,(H,24,26,29). The molecule has 1 N–H and O–H groups in total. The highest BCUT2D eigenvalue weighted by atomic mass is 32.1. The van der Waals surface area contributed by atoms with Gasteiger partial charge in [0.1, 0.15) is 5.82 Å². The van der Waals surface area contributed by atoms with E-state index in [0.29, 0.717) is 12.4 Å². The highest BCUT2D eigenvalue weighted by molar-refractivity contribution is 7.09. The summed E-state index contributed by atoms with van der Waals surface area (Å²) in [6.07, 6.45) is 5.12. The monoisotopic (exact) mass is 441 g/mol. The van der Waals surface area contributed by atoms with Gasteiger partial charge >= 0.3 is 0 Å². The fourth-order valence-corrected chi connectivity index (χ4v) is 5.14. The topological polar surface area (TPSA) is 78.4 Å². The lowest BCUT2D eigenvalue weighted by molar-refractivity contribution is -0.140. The summed E-state index contributed by atoms with van der Waals surface area (Å²) in [5.41, 5.74) is 2.07. The van der Waals surface area contributed by atoms with Gasteiger partial charge in [0, 0.05) is 37.1 Å². The van der Waals surface area contributed by atoms with E-state index in [1.165, 1.54) is 0 Å². The van der Waals surface area contributed by atoms with Crippen LogP contribution >= 0.6 is 11.3 Å². The molecule has 4 heterocycles. The van der Waals surface area contributed by atoms with Crippen LogP contribution in [0.25, 0.3) is 0 Å². The van der Waals surface area contributed by atoms with Gasteiger partial charge in [0.2, 0.25) is 11.8 Å². The van der Waals surface area contributed by atoms with Crippen LogP contribution in [0.4, 0.5) is 5.82 Å². The number of thiazole rings is 1. The van der Waals surface area contributed by atoms with E-state index in [4.69, 9.17) is 0 Å². The lowest BCUT2D eigenvalue weighted by Crippen LogP contribution is -2.48. The number of aromatic nitrogens is 2. The Morgan fingerprint density at radius 1 is 1.16 bits per heavy atom. The Morgan fingerprint density at radius 3 is 2.68 bits per heavy atom. The van der Waals surface area contributed by atoms with Gasteiger partial charge in [0.25, 0.3) is 0 Å². The SMILES string of the molecule is Cc1nc(CN2CCC(C(=O)N3CCCC(C(=O)Nc4ncccc4C)C3)CC2)cs1. The molecular formula is C23H31N5O2S. The van der Waals surface area contributed by atoms with E-state index in [-0.39, 0.29) is 23.7 Å². The number of likely N-dealkylation sites (tertiary alicyclic amines) is 2. The van der Waals surface area contributed by atoms with Crippen molar-refractivity contribution in [2.75, 3.05) is 31.5 Å². The Bertz CT molecular complexity index is 922. The van der Waals surface area contributed by atoms with Gasteiger partial charge in [-0.3, -0.25) is 14.5 Å². The van der Waals surface area contributed by atoms with Gasteiger partial charge in [0.15, 0.2) is 0 Å². The zero-order valence-corrected chi connectivity index (χ0v) is 19.2. The molecule has 2 aliphatic heterocycles. The number of pyridine rings is 1. The summed E-state index contributed by atoms with van der Waals surface area (Å²) in [4.78, 5) is 39.1. The zero-order valence-electron chi connectivity index (χ0n) is 18.3. The van der Waals surface area contributed by atoms with Crippen molar-refractivity contribution in [3.63, 3.8) is 0 Å². The Hall–Kier alpha value is -2.32. The van der Waals surface area contributed by atoms with Crippen molar-refractivity contribution in [1.82, 2.24) is 19.8 Å². The van der Waals surface area contributed by atoms with Gasteiger partial charge in [-0.1, -0.05) is 6.07 Å². The first-order chi connectivity index (χ1) is 15.0. The van der Waals surface area contributed by atoms with Crippen LogP contribution < -0.4 is 5.32 Å². The van der Waals surface area contributed by atoms with Crippen LogP contribution in [0, 0.1) is 25.7 Å². The molecule has 2 amide bonds. The number of aryl methyl sites for hydroxylation is 2. The van der Waals surface area contributed by atoms with Gasteiger partial charge in [-0.05, 0) is 64.3 Å². The van der Waals surface area contributed by atoms with E-state index in [1.54, 1.807) is 17.5 Å². The third kappa shape index (κ3) is 5.49. The number of hydrogen-bond acceptors (Lipinski definition) is 6. The number of amides is 2. The Kier molecular flexibility index (Phi) is 6.97. The maximum atomic E-state index is 13.2. The minimum absolute atomic E-state index is 0.0346. The summed E-state index contributed by atoms with van der Waals surface area (Å²) in [5.74, 6) is 0.683. The molecule has 2 aliphatic rings. The van der Waals surface area contributed by atoms with Gasteiger partial charge in [-0.2, -0.15) is 0 Å². The second kappa shape index (κ2) is 9.87. The van der Waals surface area contributed by atoms with E-state index in [0.717, 1.165) is 68.1 Å². The van der Waals surface area contributed by atoms with Crippen LogP contribution in [0.15, 0.2) is 23.7 Å². The first kappa shape index (κ1) is 21.9. The largest absolute Gasteiger partial charge is 0.342 e. The molecule has 1 atom stereocenters. The Balaban J connectivity index is 1.28. The van der Waals surface area contributed by atoms with Crippen LogP contribution in [-0.2, 0) is 16.1 Å². The fourth-order valence-electron chi connectivity index (χ4n) is 4.53. The number of anilines is 1. The first-order valence-corrected chi connectivity index (χ1v) is 12.0. The van der Waals surface area contributed by atoms with Gasteiger partial charge in [-0.15, -0.1) is 11.3 Å². The third-order valence-electron chi connectivity index (χ3n) is 6.34. The summed E-state index contributed by atoms with van der Waals surface area (Å²) in [6, 6.07) is 3.79. The summed E-state index contributed by atoms with van der Waals surface area (Å²) in [6.45, 7) is 7.93. The van der Waals surface area contributed by atoms with E-state index < -0.39 is 0 Å². The van der Waals surface area contributed by atoms with Crippen LogP contribution in [0.3, 0.4) is 0 Å². The molecule has 166 valence electrons. The van der Waals surface area contributed by atoms with Gasteiger partial charge in [-0.25, -0.2) is 9.97 Å². The van der Waals surface area contributed by atoms with E-state index >= 15 is 0 Å². The molecule has 2 fully saturated rings. The van der Waals surface area contributed by atoms with Gasteiger partial charge < -0.3 is 10.2 Å². The highest BCUT2D eigenvalue weighted by Gasteiger charge is 2.33. The van der Waals surface area contributed by atoms with Crippen molar-refractivity contribution >= 4 is 29.0 Å². The molecule has 2 aromatic rings. The lowest BCUT2D eigenvalue weighted by atomic mass is 9.92. The highest BCUT2D eigenvalue weighted by Crippen LogP contribution is 2.25. The zero-order chi connectivity index (χ0) is 21.8. The average Bonchev–Trinajstić information content (AvgIpc) is 3.20. The van der Waals surface area contributed by atoms with Crippen LogP contribution in [0.2, 0.25) is 0 Å². The summed E-state index contributed by atoms with van der Waals surface area (Å²) in [5, 5.41) is 6.17. The Labute approximate surface area is 187 Å². The van der Waals surface area contributed by atoms with Crippen LogP contribution in [0.1, 0.15) is 41.9 Å². The summed E-state index contributed by atoms with van der Waals surface area (Å²) < 4.78 is 0. The predicted octanol–water partition coefficient (Wildman–Crippen LogP) is 3.24. The lowest BCUT2D eigenvalue weighted by Gasteiger charge is -2.37. The molecule has 8 heteroatoms. The molecule has 0 aromatic carbocycles. The summed E-state index contributed by atoms with van der Waals surface area (Å²) in [7, 11) is 0. The number of nitrogens with zero attached hydrogens (tertiary/aromatic N) is 4. The average molecular weight is 442 g/mol. The molecule has 0 aliphatic carbocycles. The molecule has 2 saturated heterocycles. The molecule has 1 unspecified atom stereocenters. The van der Waals surface area contributed by atoms with E-state index in [1.807, 2.05) is 30.9 Å². The molecule has 2 aromatic heterocycles. The molecule has 0 spiro atoms. The number of piperidine rings is 2. The minimum atomic E-state index is -0.174. The maximum absolute atomic E-state index is 13.2. The van der Waals surface area contributed by atoms with Crippen molar-refractivity contribution in [1.29, 1.82) is 0 Å². The molecule has 0 bridgehead atoms. The summed E-state index contributed by atoms with van der Waals surface area (Å²) >= 11 is 1.69. The van der Waals surface area contributed by atoms with Crippen molar-refractivity contribution in [2.24, 2.45) is 11.8 Å². The molecule has 0 saturated carbocycles. The van der Waals surface area contributed by atoms with Crippen molar-refractivity contribution in [3.05, 3.63) is 40.0 Å². The molecule has 31 heavy (non-hydrogen) atoms. The second-order valence-corrected chi connectivity index (χ2v) is 9.75. The van der Waals surface area contributed by atoms with Gasteiger partial charge in [0.05, 0.1) is 16.6 Å². The van der Waals surface area contributed by atoms with Crippen molar-refractivity contribution < 1.29 is 9.59 Å².